The molecule has 0 heterocycles. The van der Waals surface area contributed by atoms with E-state index in [1.54, 1.807) is 0 Å². The Kier molecular flexibility index (Phi) is 0.733. The standard InChI is InChI=1S/C7H9O/c8-7-5-1-2-6(7)4-3-5/h1,5-8H,3-4H2/q+1/t5?,6?,7-/m1/s1. The molecule has 0 aromatic heterocycles. The van der Waals surface area contributed by atoms with Gasteiger partial charge in [0.1, 0.15) is 6.10 Å². The van der Waals surface area contributed by atoms with E-state index in [0.29, 0.717) is 11.8 Å². The van der Waals surface area contributed by atoms with Crippen LogP contribution in [0.3, 0.4) is 0 Å². The third kappa shape index (κ3) is 0.384. The highest BCUT2D eigenvalue weighted by Crippen LogP contribution is 2.38. The number of hydrogen-bond donors (Lipinski definition) is 1. The highest BCUT2D eigenvalue weighted by Gasteiger charge is 2.46. The van der Waals surface area contributed by atoms with Crippen molar-refractivity contribution in [1.82, 2.24) is 0 Å². The van der Waals surface area contributed by atoms with Gasteiger partial charge in [-0.05, 0) is 6.42 Å². The Morgan fingerprint density at radius 2 is 2.38 bits per heavy atom. The van der Waals surface area contributed by atoms with Crippen LogP contribution in [0.4, 0.5) is 0 Å². The predicted molar refractivity (Wildman–Crippen MR) is 30.0 cm³/mol. The molecular weight excluding hydrogens is 100 g/mol. The summed E-state index contributed by atoms with van der Waals surface area (Å²) in [6.45, 7) is 0. The Hall–Kier alpha value is -0.390. The fourth-order valence-corrected chi connectivity index (χ4v) is 1.62. The maximum atomic E-state index is 9.23. The van der Waals surface area contributed by atoms with Crippen LogP contribution in [0, 0.1) is 17.9 Å². The molecule has 2 aliphatic carbocycles. The highest BCUT2D eigenvalue weighted by molar-refractivity contribution is 5.07. The summed E-state index contributed by atoms with van der Waals surface area (Å²) in [6, 6.07) is 0. The van der Waals surface area contributed by atoms with E-state index >= 15 is 0 Å². The van der Waals surface area contributed by atoms with Crippen LogP contribution in [-0.4, -0.2) is 11.2 Å². The lowest BCUT2D eigenvalue weighted by molar-refractivity contribution is 0.136. The van der Waals surface area contributed by atoms with Crippen molar-refractivity contribution < 1.29 is 5.11 Å². The first-order chi connectivity index (χ1) is 3.88. The summed E-state index contributed by atoms with van der Waals surface area (Å²) >= 11 is 0. The average Bonchev–Trinajstić information content (AvgIpc) is 2.29. The van der Waals surface area contributed by atoms with Crippen molar-refractivity contribution in [2.45, 2.75) is 18.9 Å². The van der Waals surface area contributed by atoms with Gasteiger partial charge in [0.05, 0.1) is 5.92 Å². The monoisotopic (exact) mass is 109 g/mol. The molecular formula is C7H9O+. The van der Waals surface area contributed by atoms with Crippen molar-refractivity contribution in [3.63, 3.8) is 0 Å². The first kappa shape index (κ1) is 4.49. The van der Waals surface area contributed by atoms with E-state index in [9.17, 15) is 5.11 Å². The smallest absolute Gasteiger partial charge is 0.224 e. The number of aliphatic hydroxyl groups is 1. The molecule has 0 aromatic carbocycles. The fourth-order valence-electron chi connectivity index (χ4n) is 1.62. The molecule has 2 aliphatic rings. The highest BCUT2D eigenvalue weighted by atomic mass is 16.3. The van der Waals surface area contributed by atoms with E-state index in [-0.39, 0.29) is 6.10 Å². The van der Waals surface area contributed by atoms with Gasteiger partial charge in [-0.3, -0.25) is 0 Å². The van der Waals surface area contributed by atoms with Crippen LogP contribution < -0.4 is 0 Å². The number of aliphatic hydroxyl groups excluding tert-OH is 1. The SMILES string of the molecule is O[C@H]1C2[C+]=CC1CC2. The largest absolute Gasteiger partial charge is 0.387 e. The average molecular weight is 109 g/mol. The number of hydrogen-bond acceptors (Lipinski definition) is 1. The minimum atomic E-state index is -0.0741. The van der Waals surface area contributed by atoms with Gasteiger partial charge in [0.25, 0.3) is 0 Å². The van der Waals surface area contributed by atoms with Gasteiger partial charge < -0.3 is 5.11 Å². The Labute approximate surface area is 49.0 Å². The van der Waals surface area contributed by atoms with E-state index < -0.39 is 0 Å². The lowest BCUT2D eigenvalue weighted by atomic mass is 10.1. The molecule has 1 N–H and O–H groups in total. The maximum Gasteiger partial charge on any atom is 0.224 e. The molecule has 0 aromatic rings. The van der Waals surface area contributed by atoms with Gasteiger partial charge in [0, 0.05) is 6.42 Å². The van der Waals surface area contributed by atoms with Gasteiger partial charge in [-0.25, -0.2) is 0 Å². The van der Waals surface area contributed by atoms with E-state index in [4.69, 9.17) is 0 Å². The molecule has 1 nitrogen and oxygen atoms in total. The molecule has 1 fully saturated rings. The molecule has 2 unspecified atom stereocenters. The summed E-state index contributed by atoms with van der Waals surface area (Å²) in [6.07, 6.45) is 7.42. The van der Waals surface area contributed by atoms with Gasteiger partial charge in [-0.15, -0.1) is 0 Å². The van der Waals surface area contributed by atoms with Crippen LogP contribution in [0.5, 0.6) is 0 Å². The topological polar surface area (TPSA) is 20.2 Å². The molecule has 1 heteroatoms. The zero-order chi connectivity index (χ0) is 5.56. The molecule has 3 atom stereocenters. The lowest BCUT2D eigenvalue weighted by Gasteiger charge is -1.96. The summed E-state index contributed by atoms with van der Waals surface area (Å²) in [5.41, 5.74) is 0. The van der Waals surface area contributed by atoms with Crippen LogP contribution in [0.1, 0.15) is 12.8 Å². The summed E-state index contributed by atoms with van der Waals surface area (Å²) < 4.78 is 0. The van der Waals surface area contributed by atoms with E-state index in [1.165, 1.54) is 6.42 Å². The van der Waals surface area contributed by atoms with E-state index in [0.717, 1.165) is 6.42 Å². The van der Waals surface area contributed by atoms with Crippen LogP contribution in [0.15, 0.2) is 6.08 Å². The second-order valence-corrected chi connectivity index (χ2v) is 2.67. The number of rotatable bonds is 0. The van der Waals surface area contributed by atoms with Crippen LogP contribution in [0.2, 0.25) is 0 Å². The molecule has 8 heavy (non-hydrogen) atoms. The Morgan fingerprint density at radius 3 is 2.50 bits per heavy atom. The molecule has 0 amide bonds. The quantitative estimate of drug-likeness (QED) is 0.455. The van der Waals surface area contributed by atoms with Gasteiger partial charge in [0.15, 0.2) is 6.08 Å². The maximum absolute atomic E-state index is 9.23. The van der Waals surface area contributed by atoms with Crippen molar-refractivity contribution in [1.29, 1.82) is 0 Å². The minimum absolute atomic E-state index is 0.0741. The lowest BCUT2D eigenvalue weighted by Crippen LogP contribution is -2.11. The summed E-state index contributed by atoms with van der Waals surface area (Å²) in [7, 11) is 0. The molecule has 42 valence electrons. The Bertz CT molecular complexity index is 114. The second-order valence-electron chi connectivity index (χ2n) is 2.67. The molecule has 0 saturated heterocycles. The van der Waals surface area contributed by atoms with E-state index in [2.05, 4.69) is 6.08 Å². The van der Waals surface area contributed by atoms with Crippen molar-refractivity contribution in [2.24, 2.45) is 11.8 Å². The third-order valence-corrected chi connectivity index (χ3v) is 2.19. The molecule has 0 radical (unpaired) electrons. The van der Waals surface area contributed by atoms with Crippen molar-refractivity contribution in [3.8, 4) is 0 Å². The zero-order valence-electron chi connectivity index (χ0n) is 4.67. The minimum Gasteiger partial charge on any atom is -0.387 e. The Morgan fingerprint density at radius 1 is 1.50 bits per heavy atom. The third-order valence-electron chi connectivity index (χ3n) is 2.19. The molecule has 2 rings (SSSR count). The molecule has 0 aliphatic heterocycles. The van der Waals surface area contributed by atoms with Crippen molar-refractivity contribution in [2.75, 3.05) is 0 Å². The summed E-state index contributed by atoms with van der Waals surface area (Å²) in [5, 5.41) is 9.23. The van der Waals surface area contributed by atoms with Crippen molar-refractivity contribution >= 4 is 0 Å². The number of fused-ring (bicyclic) bond motifs is 2. The van der Waals surface area contributed by atoms with Gasteiger partial charge in [0.2, 0.25) is 12.0 Å². The summed E-state index contributed by atoms with van der Waals surface area (Å²) in [4.78, 5) is 0. The van der Waals surface area contributed by atoms with Gasteiger partial charge in [-0.1, -0.05) is 0 Å². The molecule has 0 spiro atoms. The van der Waals surface area contributed by atoms with Gasteiger partial charge >= 0.3 is 0 Å². The Balaban J connectivity index is 2.27. The first-order valence-electron chi connectivity index (χ1n) is 3.15. The van der Waals surface area contributed by atoms with E-state index in [1.807, 2.05) is 6.08 Å². The summed E-state index contributed by atoms with van der Waals surface area (Å²) in [5.74, 6) is 0.847. The van der Waals surface area contributed by atoms with Crippen LogP contribution >= 0.6 is 0 Å². The predicted octanol–water partition coefficient (Wildman–Crippen LogP) is 0.746. The fraction of sp³-hybridized carbons (Fsp3) is 0.714. The van der Waals surface area contributed by atoms with Crippen LogP contribution in [0.25, 0.3) is 0 Å². The normalized spacial score (nSPS) is 49.9. The zero-order valence-corrected chi connectivity index (χ0v) is 4.67. The van der Waals surface area contributed by atoms with Gasteiger partial charge in [-0.2, -0.15) is 0 Å². The van der Waals surface area contributed by atoms with Crippen LogP contribution in [-0.2, 0) is 0 Å². The second kappa shape index (κ2) is 1.31. The van der Waals surface area contributed by atoms with Crippen molar-refractivity contribution in [3.05, 3.63) is 12.2 Å². The molecule has 2 bridgehead atoms. The molecule has 1 saturated carbocycles. The first-order valence-corrected chi connectivity index (χ1v) is 3.15.